The summed E-state index contributed by atoms with van der Waals surface area (Å²) in [6.07, 6.45) is 3.40. The SMILES string of the molecule is CC(C)(C)OC(=O)NCCCCN1C(=O)C=CC1=O. The highest BCUT2D eigenvalue weighted by Crippen LogP contribution is 2.07. The average molecular weight is 268 g/mol. The van der Waals surface area contributed by atoms with Crippen molar-refractivity contribution >= 4 is 17.9 Å². The minimum absolute atomic E-state index is 0.273. The molecule has 0 atom stereocenters. The van der Waals surface area contributed by atoms with Crippen LogP contribution in [-0.4, -0.2) is 41.5 Å². The van der Waals surface area contributed by atoms with E-state index in [-0.39, 0.29) is 11.8 Å². The van der Waals surface area contributed by atoms with E-state index in [2.05, 4.69) is 5.32 Å². The average Bonchev–Trinajstić information content (AvgIpc) is 2.57. The predicted octanol–water partition coefficient (Wildman–Crippen LogP) is 1.22. The number of carbonyl (C=O) groups excluding carboxylic acids is 3. The summed E-state index contributed by atoms with van der Waals surface area (Å²) in [4.78, 5) is 35.0. The van der Waals surface area contributed by atoms with Crippen molar-refractivity contribution in [3.8, 4) is 0 Å². The van der Waals surface area contributed by atoms with Crippen molar-refractivity contribution < 1.29 is 19.1 Å². The lowest BCUT2D eigenvalue weighted by molar-refractivity contribution is -0.136. The zero-order valence-corrected chi connectivity index (χ0v) is 11.6. The number of imide groups is 1. The first-order valence-corrected chi connectivity index (χ1v) is 6.30. The van der Waals surface area contributed by atoms with Crippen LogP contribution in [0, 0.1) is 0 Å². The number of alkyl carbamates (subject to hydrolysis) is 1. The van der Waals surface area contributed by atoms with E-state index < -0.39 is 11.7 Å². The number of hydrogen-bond acceptors (Lipinski definition) is 4. The predicted molar refractivity (Wildman–Crippen MR) is 69.3 cm³/mol. The van der Waals surface area contributed by atoms with Gasteiger partial charge in [-0.25, -0.2) is 4.79 Å². The number of hydrogen-bond donors (Lipinski definition) is 1. The molecule has 0 aliphatic carbocycles. The van der Waals surface area contributed by atoms with Gasteiger partial charge >= 0.3 is 6.09 Å². The minimum atomic E-state index is -0.510. The fourth-order valence-corrected chi connectivity index (χ4v) is 1.55. The van der Waals surface area contributed by atoms with Crippen molar-refractivity contribution in [1.29, 1.82) is 0 Å². The number of ether oxygens (including phenoxy) is 1. The van der Waals surface area contributed by atoms with Crippen LogP contribution in [-0.2, 0) is 14.3 Å². The molecule has 0 aromatic heterocycles. The molecule has 0 spiro atoms. The summed E-state index contributed by atoms with van der Waals surface area (Å²) in [6.45, 7) is 6.22. The molecule has 0 unspecified atom stereocenters. The maximum Gasteiger partial charge on any atom is 0.407 e. The molecule has 0 saturated carbocycles. The maximum absolute atomic E-state index is 11.3. The maximum atomic E-state index is 11.3. The van der Waals surface area contributed by atoms with E-state index in [1.54, 1.807) is 20.8 Å². The van der Waals surface area contributed by atoms with Crippen LogP contribution in [0.1, 0.15) is 33.6 Å². The van der Waals surface area contributed by atoms with Gasteiger partial charge in [-0.1, -0.05) is 0 Å². The Morgan fingerprint density at radius 3 is 2.32 bits per heavy atom. The highest BCUT2D eigenvalue weighted by molar-refractivity contribution is 6.12. The van der Waals surface area contributed by atoms with Crippen molar-refractivity contribution in [1.82, 2.24) is 10.2 Å². The van der Waals surface area contributed by atoms with Gasteiger partial charge in [-0.2, -0.15) is 0 Å². The first-order valence-electron chi connectivity index (χ1n) is 6.30. The third kappa shape index (κ3) is 5.54. The van der Waals surface area contributed by atoms with Crippen LogP contribution in [0.4, 0.5) is 4.79 Å². The summed E-state index contributed by atoms with van der Waals surface area (Å²) in [6, 6.07) is 0. The second-order valence-corrected chi connectivity index (χ2v) is 5.30. The number of nitrogens with one attached hydrogen (secondary N) is 1. The third-order valence-corrected chi connectivity index (χ3v) is 2.38. The van der Waals surface area contributed by atoms with E-state index in [0.717, 1.165) is 0 Å². The lowest BCUT2D eigenvalue weighted by Gasteiger charge is -2.19. The molecule has 0 aromatic rings. The second-order valence-electron chi connectivity index (χ2n) is 5.30. The Bertz CT molecular complexity index is 378. The summed E-state index contributed by atoms with van der Waals surface area (Å²) >= 11 is 0. The summed E-state index contributed by atoms with van der Waals surface area (Å²) in [5, 5.41) is 2.62. The topological polar surface area (TPSA) is 75.7 Å². The fraction of sp³-hybridized carbons (Fsp3) is 0.615. The van der Waals surface area contributed by atoms with Crippen LogP contribution >= 0.6 is 0 Å². The Morgan fingerprint density at radius 2 is 1.79 bits per heavy atom. The molecule has 106 valence electrons. The molecule has 6 nitrogen and oxygen atoms in total. The Hall–Kier alpha value is -1.85. The van der Waals surface area contributed by atoms with E-state index in [4.69, 9.17) is 4.74 Å². The van der Waals surface area contributed by atoms with Gasteiger partial charge in [-0.15, -0.1) is 0 Å². The van der Waals surface area contributed by atoms with Gasteiger partial charge in [0.2, 0.25) is 0 Å². The molecule has 6 heteroatoms. The van der Waals surface area contributed by atoms with Crippen molar-refractivity contribution in [3.05, 3.63) is 12.2 Å². The van der Waals surface area contributed by atoms with Gasteiger partial charge in [0.25, 0.3) is 11.8 Å². The number of nitrogens with zero attached hydrogens (tertiary/aromatic N) is 1. The number of amides is 3. The molecule has 0 radical (unpaired) electrons. The van der Waals surface area contributed by atoms with E-state index >= 15 is 0 Å². The van der Waals surface area contributed by atoms with Crippen molar-refractivity contribution in [2.75, 3.05) is 13.1 Å². The lowest BCUT2D eigenvalue weighted by Crippen LogP contribution is -2.34. The fourth-order valence-electron chi connectivity index (χ4n) is 1.55. The molecule has 0 bridgehead atoms. The van der Waals surface area contributed by atoms with Gasteiger partial charge in [-0.3, -0.25) is 14.5 Å². The summed E-state index contributed by atoms with van der Waals surface area (Å²) in [5.41, 5.74) is -0.510. The molecule has 1 N–H and O–H groups in total. The normalized spacial score (nSPS) is 15.0. The van der Waals surface area contributed by atoms with E-state index in [9.17, 15) is 14.4 Å². The van der Waals surface area contributed by atoms with Gasteiger partial charge < -0.3 is 10.1 Å². The summed E-state index contributed by atoms with van der Waals surface area (Å²) in [5.74, 6) is -0.546. The van der Waals surface area contributed by atoms with Crippen molar-refractivity contribution in [3.63, 3.8) is 0 Å². The minimum Gasteiger partial charge on any atom is -0.444 e. The molecular formula is C13H20N2O4. The quantitative estimate of drug-likeness (QED) is 0.601. The molecular weight excluding hydrogens is 248 g/mol. The highest BCUT2D eigenvalue weighted by atomic mass is 16.6. The zero-order valence-electron chi connectivity index (χ0n) is 11.6. The monoisotopic (exact) mass is 268 g/mol. The molecule has 0 fully saturated rings. The number of rotatable bonds is 5. The van der Waals surface area contributed by atoms with Gasteiger partial charge in [0, 0.05) is 25.2 Å². The van der Waals surface area contributed by atoms with Crippen LogP contribution in [0.15, 0.2) is 12.2 Å². The van der Waals surface area contributed by atoms with Crippen LogP contribution in [0.3, 0.4) is 0 Å². The molecule has 0 saturated heterocycles. The van der Waals surface area contributed by atoms with Crippen LogP contribution in [0.25, 0.3) is 0 Å². The second kappa shape index (κ2) is 6.36. The van der Waals surface area contributed by atoms with Crippen LogP contribution in [0.2, 0.25) is 0 Å². The van der Waals surface area contributed by atoms with E-state index in [0.29, 0.717) is 25.9 Å². The van der Waals surface area contributed by atoms with Crippen molar-refractivity contribution in [2.45, 2.75) is 39.2 Å². The molecule has 1 aliphatic rings. The molecule has 3 amide bonds. The smallest absolute Gasteiger partial charge is 0.407 e. The molecule has 1 rings (SSSR count). The van der Waals surface area contributed by atoms with Gasteiger partial charge in [-0.05, 0) is 33.6 Å². The van der Waals surface area contributed by atoms with Crippen LogP contribution in [0.5, 0.6) is 0 Å². The summed E-state index contributed by atoms with van der Waals surface area (Å²) < 4.78 is 5.07. The molecule has 1 aliphatic heterocycles. The zero-order chi connectivity index (χ0) is 14.5. The lowest BCUT2D eigenvalue weighted by atomic mass is 10.2. The largest absolute Gasteiger partial charge is 0.444 e. The third-order valence-electron chi connectivity index (χ3n) is 2.38. The van der Waals surface area contributed by atoms with Gasteiger partial charge in [0.05, 0.1) is 0 Å². The van der Waals surface area contributed by atoms with Crippen molar-refractivity contribution in [2.24, 2.45) is 0 Å². The van der Waals surface area contributed by atoms with Crippen LogP contribution < -0.4 is 5.32 Å². The number of carbonyl (C=O) groups is 3. The molecule has 0 aromatic carbocycles. The first-order chi connectivity index (χ1) is 8.79. The standard InChI is InChI=1S/C13H20N2O4/c1-13(2,3)19-12(18)14-8-4-5-9-15-10(16)6-7-11(15)17/h6-7H,4-5,8-9H2,1-3H3,(H,14,18). The highest BCUT2D eigenvalue weighted by Gasteiger charge is 2.22. The Kier molecular flexibility index (Phi) is 5.09. The van der Waals surface area contributed by atoms with Gasteiger partial charge in [0.1, 0.15) is 5.60 Å². The summed E-state index contributed by atoms with van der Waals surface area (Å²) in [7, 11) is 0. The Balaban J connectivity index is 2.10. The molecule has 1 heterocycles. The Morgan fingerprint density at radius 1 is 1.21 bits per heavy atom. The van der Waals surface area contributed by atoms with Gasteiger partial charge in [0.15, 0.2) is 0 Å². The first kappa shape index (κ1) is 15.2. The molecule has 19 heavy (non-hydrogen) atoms. The Labute approximate surface area is 112 Å². The number of unbranched alkanes of at least 4 members (excludes halogenated alkanes) is 1. The van der Waals surface area contributed by atoms with E-state index in [1.807, 2.05) is 0 Å². The van der Waals surface area contributed by atoms with E-state index in [1.165, 1.54) is 17.1 Å².